The van der Waals surface area contributed by atoms with E-state index in [4.69, 9.17) is 0 Å². The predicted molar refractivity (Wildman–Crippen MR) is 78.8 cm³/mol. The van der Waals surface area contributed by atoms with Crippen molar-refractivity contribution in [3.63, 3.8) is 0 Å². The molecule has 6 heteroatoms. The van der Waals surface area contributed by atoms with Crippen molar-refractivity contribution < 1.29 is 0 Å². The molecule has 0 fully saturated rings. The van der Waals surface area contributed by atoms with Gasteiger partial charge in [0.25, 0.3) is 0 Å². The fourth-order valence-electron chi connectivity index (χ4n) is 2.23. The molecule has 3 aromatic rings. The van der Waals surface area contributed by atoms with Gasteiger partial charge < -0.3 is 10.3 Å². The maximum absolute atomic E-state index is 4.53. The Labute approximate surface area is 119 Å². The average Bonchev–Trinajstić information content (AvgIpc) is 2.95. The standard InChI is InChI=1S/C13H14BrN5/c1-15-6-11-12(14)13(19(2)18-11)8-3-4-9-10(5-8)17-7-16-9/h3-5,7,15H,6H2,1-2H3,(H,16,17). The molecule has 0 saturated heterocycles. The van der Waals surface area contributed by atoms with Gasteiger partial charge in [-0.2, -0.15) is 5.10 Å². The molecule has 0 aliphatic heterocycles. The van der Waals surface area contributed by atoms with Crippen LogP contribution in [0.1, 0.15) is 5.69 Å². The van der Waals surface area contributed by atoms with Crippen molar-refractivity contribution in [1.82, 2.24) is 25.1 Å². The predicted octanol–water partition coefficient (Wildman–Crippen LogP) is 2.45. The highest BCUT2D eigenvalue weighted by Gasteiger charge is 2.15. The summed E-state index contributed by atoms with van der Waals surface area (Å²) in [7, 11) is 3.87. The van der Waals surface area contributed by atoms with Crippen molar-refractivity contribution in [1.29, 1.82) is 0 Å². The Kier molecular flexibility index (Phi) is 3.12. The highest BCUT2D eigenvalue weighted by molar-refractivity contribution is 9.10. The third-order valence-corrected chi connectivity index (χ3v) is 3.93. The zero-order valence-electron chi connectivity index (χ0n) is 10.7. The van der Waals surface area contributed by atoms with E-state index in [0.29, 0.717) is 0 Å². The molecule has 0 atom stereocenters. The van der Waals surface area contributed by atoms with E-state index in [2.05, 4.69) is 48.4 Å². The summed E-state index contributed by atoms with van der Waals surface area (Å²) in [5, 5.41) is 7.65. The molecule has 0 spiro atoms. The summed E-state index contributed by atoms with van der Waals surface area (Å²) in [5.41, 5.74) is 5.19. The Balaban J connectivity index is 2.14. The van der Waals surface area contributed by atoms with Gasteiger partial charge in [-0.3, -0.25) is 4.68 Å². The van der Waals surface area contributed by atoms with E-state index in [-0.39, 0.29) is 0 Å². The monoisotopic (exact) mass is 319 g/mol. The molecule has 5 nitrogen and oxygen atoms in total. The van der Waals surface area contributed by atoms with Crippen LogP contribution in [0.2, 0.25) is 0 Å². The van der Waals surface area contributed by atoms with E-state index < -0.39 is 0 Å². The van der Waals surface area contributed by atoms with Crippen molar-refractivity contribution >= 4 is 27.0 Å². The van der Waals surface area contributed by atoms with Gasteiger partial charge in [-0.15, -0.1) is 0 Å². The summed E-state index contributed by atoms with van der Waals surface area (Å²) >= 11 is 3.65. The van der Waals surface area contributed by atoms with Crippen molar-refractivity contribution in [2.45, 2.75) is 6.54 Å². The van der Waals surface area contributed by atoms with Gasteiger partial charge in [0.15, 0.2) is 0 Å². The second-order valence-electron chi connectivity index (χ2n) is 4.40. The topological polar surface area (TPSA) is 58.5 Å². The van der Waals surface area contributed by atoms with E-state index in [1.165, 1.54) is 0 Å². The zero-order valence-corrected chi connectivity index (χ0v) is 12.3. The van der Waals surface area contributed by atoms with E-state index in [1.807, 2.05) is 24.8 Å². The molecule has 0 radical (unpaired) electrons. The fraction of sp³-hybridized carbons (Fsp3) is 0.231. The molecule has 2 aromatic heterocycles. The van der Waals surface area contributed by atoms with Crippen LogP contribution in [0.4, 0.5) is 0 Å². The average molecular weight is 320 g/mol. The lowest BCUT2D eigenvalue weighted by Gasteiger charge is -2.03. The van der Waals surface area contributed by atoms with Gasteiger partial charge in [0.05, 0.1) is 33.2 Å². The van der Waals surface area contributed by atoms with Crippen LogP contribution in [-0.4, -0.2) is 26.8 Å². The van der Waals surface area contributed by atoms with E-state index in [0.717, 1.165) is 39.0 Å². The van der Waals surface area contributed by atoms with Crippen LogP contribution in [0.5, 0.6) is 0 Å². The number of aryl methyl sites for hydroxylation is 1. The van der Waals surface area contributed by atoms with E-state index in [9.17, 15) is 0 Å². The number of rotatable bonds is 3. The quantitative estimate of drug-likeness (QED) is 0.779. The third kappa shape index (κ3) is 2.06. The summed E-state index contributed by atoms with van der Waals surface area (Å²) in [6.07, 6.45) is 1.71. The molecule has 0 unspecified atom stereocenters. The largest absolute Gasteiger partial charge is 0.345 e. The van der Waals surface area contributed by atoms with Gasteiger partial charge in [-0.1, -0.05) is 6.07 Å². The number of benzene rings is 1. The van der Waals surface area contributed by atoms with Crippen molar-refractivity contribution in [2.75, 3.05) is 7.05 Å². The van der Waals surface area contributed by atoms with Gasteiger partial charge in [-0.05, 0) is 35.1 Å². The third-order valence-electron chi connectivity index (χ3n) is 3.09. The van der Waals surface area contributed by atoms with Gasteiger partial charge in [-0.25, -0.2) is 4.98 Å². The molecule has 2 heterocycles. The summed E-state index contributed by atoms with van der Waals surface area (Å²) in [4.78, 5) is 7.37. The lowest BCUT2D eigenvalue weighted by molar-refractivity contribution is 0.715. The number of aromatic amines is 1. The lowest BCUT2D eigenvalue weighted by atomic mass is 10.1. The molecule has 0 saturated carbocycles. The van der Waals surface area contributed by atoms with E-state index >= 15 is 0 Å². The van der Waals surface area contributed by atoms with Crippen LogP contribution >= 0.6 is 15.9 Å². The molecule has 0 aliphatic rings. The summed E-state index contributed by atoms with van der Waals surface area (Å²) in [6, 6.07) is 6.17. The molecule has 0 aliphatic carbocycles. The number of nitrogens with one attached hydrogen (secondary N) is 2. The van der Waals surface area contributed by atoms with Crippen LogP contribution in [0.15, 0.2) is 29.0 Å². The number of imidazole rings is 1. The van der Waals surface area contributed by atoms with Crippen LogP contribution in [0.3, 0.4) is 0 Å². The summed E-state index contributed by atoms with van der Waals surface area (Å²) in [5.74, 6) is 0. The molecule has 19 heavy (non-hydrogen) atoms. The Hall–Kier alpha value is -1.66. The lowest BCUT2D eigenvalue weighted by Crippen LogP contribution is -2.06. The number of aromatic nitrogens is 4. The summed E-state index contributed by atoms with van der Waals surface area (Å²) in [6.45, 7) is 0.737. The second-order valence-corrected chi connectivity index (χ2v) is 5.19. The summed E-state index contributed by atoms with van der Waals surface area (Å²) < 4.78 is 2.93. The van der Waals surface area contributed by atoms with Crippen LogP contribution < -0.4 is 5.32 Å². The van der Waals surface area contributed by atoms with Crippen molar-refractivity contribution in [3.05, 3.63) is 34.7 Å². The Morgan fingerprint density at radius 1 is 1.42 bits per heavy atom. The smallest absolute Gasteiger partial charge is 0.0931 e. The van der Waals surface area contributed by atoms with Crippen LogP contribution in [0, 0.1) is 0 Å². The highest BCUT2D eigenvalue weighted by Crippen LogP contribution is 2.31. The maximum atomic E-state index is 4.53. The number of hydrogen-bond donors (Lipinski definition) is 2. The number of nitrogens with zero attached hydrogens (tertiary/aromatic N) is 3. The molecule has 3 rings (SSSR count). The fourth-order valence-corrected chi connectivity index (χ4v) is 2.94. The molecule has 98 valence electrons. The molecule has 0 amide bonds. The maximum Gasteiger partial charge on any atom is 0.0931 e. The van der Waals surface area contributed by atoms with Gasteiger partial charge in [0, 0.05) is 19.2 Å². The first-order valence-electron chi connectivity index (χ1n) is 6.00. The van der Waals surface area contributed by atoms with Crippen molar-refractivity contribution in [3.8, 4) is 11.3 Å². The number of hydrogen-bond acceptors (Lipinski definition) is 3. The minimum Gasteiger partial charge on any atom is -0.345 e. The number of fused-ring (bicyclic) bond motifs is 1. The highest BCUT2D eigenvalue weighted by atomic mass is 79.9. The SMILES string of the molecule is CNCc1nn(C)c(-c2ccc3nc[nH]c3c2)c1Br. The number of halogens is 1. The Bertz CT molecular complexity index is 728. The molecule has 0 bridgehead atoms. The van der Waals surface area contributed by atoms with Crippen LogP contribution in [0.25, 0.3) is 22.3 Å². The van der Waals surface area contributed by atoms with Gasteiger partial charge >= 0.3 is 0 Å². The molecular weight excluding hydrogens is 306 g/mol. The first-order valence-corrected chi connectivity index (χ1v) is 6.79. The first-order chi connectivity index (χ1) is 9.20. The number of H-pyrrole nitrogens is 1. The van der Waals surface area contributed by atoms with Crippen LogP contribution in [-0.2, 0) is 13.6 Å². The van der Waals surface area contributed by atoms with E-state index in [1.54, 1.807) is 6.33 Å². The minimum absolute atomic E-state index is 0.737. The zero-order chi connectivity index (χ0) is 13.4. The Morgan fingerprint density at radius 3 is 3.05 bits per heavy atom. The van der Waals surface area contributed by atoms with Gasteiger partial charge in [0.2, 0.25) is 0 Å². The van der Waals surface area contributed by atoms with Gasteiger partial charge in [0.1, 0.15) is 0 Å². The molecular formula is C13H14BrN5. The van der Waals surface area contributed by atoms with Crippen molar-refractivity contribution in [2.24, 2.45) is 7.05 Å². The minimum atomic E-state index is 0.737. The second kappa shape index (κ2) is 4.79. The normalized spacial score (nSPS) is 11.3. The molecule has 2 N–H and O–H groups in total. The Morgan fingerprint density at radius 2 is 2.26 bits per heavy atom. The first kappa shape index (κ1) is 12.4. The molecule has 1 aromatic carbocycles.